The van der Waals surface area contributed by atoms with Crippen LogP contribution in [0.15, 0.2) is 42.5 Å². The number of hydrogen-bond donors (Lipinski definition) is 2. The average Bonchev–Trinajstić information content (AvgIpc) is 2.51. The highest BCUT2D eigenvalue weighted by Gasteiger charge is 2.06. The smallest absolute Gasteiger partial charge is 0.251 e. The van der Waals surface area contributed by atoms with E-state index in [1.54, 1.807) is 24.3 Å². The largest absolute Gasteiger partial charge is 0.352 e. The van der Waals surface area contributed by atoms with Crippen molar-refractivity contribution in [3.8, 4) is 0 Å². The molecule has 0 atom stereocenters. The molecule has 23 heavy (non-hydrogen) atoms. The second-order valence-corrected chi connectivity index (χ2v) is 5.01. The molecule has 0 fully saturated rings. The maximum Gasteiger partial charge on any atom is 0.251 e. The number of halogens is 2. The number of carbonyl (C=O) groups is 2. The monoisotopic (exact) mass is 318 g/mol. The van der Waals surface area contributed by atoms with Crippen LogP contribution in [0.5, 0.6) is 0 Å². The Morgan fingerprint density at radius 2 is 1.70 bits per heavy atom. The van der Waals surface area contributed by atoms with Crippen molar-refractivity contribution in [1.82, 2.24) is 5.32 Å². The summed E-state index contributed by atoms with van der Waals surface area (Å²) in [6, 6.07) is 10.1. The Labute approximate surface area is 132 Å². The van der Waals surface area contributed by atoms with Crippen LogP contribution in [0.4, 0.5) is 14.5 Å². The number of carbonyl (C=O) groups excluding carboxylic acids is 2. The average molecular weight is 318 g/mol. The Morgan fingerprint density at radius 3 is 2.30 bits per heavy atom. The van der Waals surface area contributed by atoms with Gasteiger partial charge in [-0.05, 0) is 48.4 Å². The molecule has 0 bridgehead atoms. The SMILES string of the molecule is CC(=O)Nc1ccc(C(=O)NCCc2ccc(F)c(F)c2)cc1. The molecule has 0 radical (unpaired) electrons. The van der Waals surface area contributed by atoms with E-state index in [0.29, 0.717) is 29.8 Å². The van der Waals surface area contributed by atoms with Crippen molar-refractivity contribution in [2.45, 2.75) is 13.3 Å². The Bertz CT molecular complexity index is 715. The predicted molar refractivity (Wildman–Crippen MR) is 83.1 cm³/mol. The maximum absolute atomic E-state index is 13.1. The van der Waals surface area contributed by atoms with E-state index < -0.39 is 11.6 Å². The van der Waals surface area contributed by atoms with E-state index in [9.17, 15) is 18.4 Å². The number of amides is 2. The lowest BCUT2D eigenvalue weighted by atomic mass is 10.1. The van der Waals surface area contributed by atoms with Crippen molar-refractivity contribution in [1.29, 1.82) is 0 Å². The molecule has 2 N–H and O–H groups in total. The maximum atomic E-state index is 13.1. The molecule has 6 heteroatoms. The Hall–Kier alpha value is -2.76. The van der Waals surface area contributed by atoms with Gasteiger partial charge in [0, 0.05) is 24.7 Å². The van der Waals surface area contributed by atoms with E-state index in [2.05, 4.69) is 10.6 Å². The van der Waals surface area contributed by atoms with Gasteiger partial charge in [-0.1, -0.05) is 6.07 Å². The minimum atomic E-state index is -0.901. The number of nitrogens with one attached hydrogen (secondary N) is 2. The highest BCUT2D eigenvalue weighted by Crippen LogP contribution is 2.10. The third kappa shape index (κ3) is 4.88. The summed E-state index contributed by atoms with van der Waals surface area (Å²) in [4.78, 5) is 22.9. The van der Waals surface area contributed by atoms with Gasteiger partial charge in [0.15, 0.2) is 11.6 Å². The van der Waals surface area contributed by atoms with Gasteiger partial charge in [0.2, 0.25) is 5.91 Å². The molecule has 0 saturated carbocycles. The third-order valence-electron chi connectivity index (χ3n) is 3.15. The van der Waals surface area contributed by atoms with E-state index in [4.69, 9.17) is 0 Å². The highest BCUT2D eigenvalue weighted by atomic mass is 19.2. The minimum Gasteiger partial charge on any atom is -0.352 e. The van der Waals surface area contributed by atoms with Gasteiger partial charge in [0.05, 0.1) is 0 Å². The van der Waals surface area contributed by atoms with Crippen LogP contribution in [0.1, 0.15) is 22.8 Å². The molecule has 2 amide bonds. The molecule has 0 aromatic heterocycles. The summed E-state index contributed by atoms with van der Waals surface area (Å²) in [5.74, 6) is -2.25. The van der Waals surface area contributed by atoms with Crippen molar-refractivity contribution in [2.24, 2.45) is 0 Å². The number of hydrogen-bond acceptors (Lipinski definition) is 2. The minimum absolute atomic E-state index is 0.186. The van der Waals surface area contributed by atoms with E-state index in [0.717, 1.165) is 12.1 Å². The molecule has 120 valence electrons. The van der Waals surface area contributed by atoms with Crippen molar-refractivity contribution in [3.05, 3.63) is 65.2 Å². The Kier molecular flexibility index (Phi) is 5.41. The highest BCUT2D eigenvalue weighted by molar-refractivity contribution is 5.95. The second kappa shape index (κ2) is 7.49. The van der Waals surface area contributed by atoms with E-state index in [-0.39, 0.29) is 11.8 Å². The molecular formula is C17H16F2N2O2. The van der Waals surface area contributed by atoms with Crippen LogP contribution in [-0.2, 0) is 11.2 Å². The van der Waals surface area contributed by atoms with Gasteiger partial charge in [-0.2, -0.15) is 0 Å². The Balaban J connectivity index is 1.86. The lowest BCUT2D eigenvalue weighted by molar-refractivity contribution is -0.114. The molecular weight excluding hydrogens is 302 g/mol. The molecule has 0 aliphatic rings. The zero-order chi connectivity index (χ0) is 16.8. The van der Waals surface area contributed by atoms with Crippen LogP contribution < -0.4 is 10.6 Å². The summed E-state index contributed by atoms with van der Waals surface area (Å²) in [5.41, 5.74) is 1.66. The second-order valence-electron chi connectivity index (χ2n) is 5.01. The molecule has 4 nitrogen and oxygen atoms in total. The van der Waals surface area contributed by atoms with Crippen LogP contribution >= 0.6 is 0 Å². The first kappa shape index (κ1) is 16.6. The molecule has 2 rings (SSSR count). The molecule has 0 saturated heterocycles. The summed E-state index contributed by atoms with van der Waals surface area (Å²) < 4.78 is 25.9. The molecule has 2 aromatic rings. The van der Waals surface area contributed by atoms with Crippen LogP contribution in [0, 0.1) is 11.6 Å². The number of benzene rings is 2. The summed E-state index contributed by atoms with van der Waals surface area (Å²) in [7, 11) is 0. The number of anilines is 1. The molecule has 0 unspecified atom stereocenters. The molecule has 0 aliphatic carbocycles. The first-order chi connectivity index (χ1) is 11.0. The molecule has 0 spiro atoms. The lowest BCUT2D eigenvalue weighted by Gasteiger charge is -2.07. The van der Waals surface area contributed by atoms with Crippen LogP contribution in [0.2, 0.25) is 0 Å². The fourth-order valence-corrected chi connectivity index (χ4v) is 2.03. The zero-order valence-corrected chi connectivity index (χ0v) is 12.5. The summed E-state index contributed by atoms with van der Waals surface area (Å²) in [6.07, 6.45) is 0.396. The fraction of sp³-hybridized carbons (Fsp3) is 0.176. The van der Waals surface area contributed by atoms with E-state index in [1.807, 2.05) is 0 Å². The van der Waals surface area contributed by atoms with Crippen molar-refractivity contribution < 1.29 is 18.4 Å². The summed E-state index contributed by atoms with van der Waals surface area (Å²) >= 11 is 0. The van der Waals surface area contributed by atoms with Crippen molar-refractivity contribution in [2.75, 3.05) is 11.9 Å². The zero-order valence-electron chi connectivity index (χ0n) is 12.5. The first-order valence-electron chi connectivity index (χ1n) is 7.05. The molecule has 2 aromatic carbocycles. The normalized spacial score (nSPS) is 10.2. The van der Waals surface area contributed by atoms with E-state index in [1.165, 1.54) is 13.0 Å². The van der Waals surface area contributed by atoms with Gasteiger partial charge >= 0.3 is 0 Å². The topological polar surface area (TPSA) is 58.2 Å². The Morgan fingerprint density at radius 1 is 1.00 bits per heavy atom. The van der Waals surface area contributed by atoms with Crippen molar-refractivity contribution >= 4 is 17.5 Å². The van der Waals surface area contributed by atoms with Crippen LogP contribution in [0.25, 0.3) is 0 Å². The van der Waals surface area contributed by atoms with Gasteiger partial charge < -0.3 is 10.6 Å². The summed E-state index contributed by atoms with van der Waals surface area (Å²) in [5, 5.41) is 5.31. The van der Waals surface area contributed by atoms with Gasteiger partial charge in [0.1, 0.15) is 0 Å². The molecule has 0 heterocycles. The number of rotatable bonds is 5. The predicted octanol–water partition coefficient (Wildman–Crippen LogP) is 2.90. The van der Waals surface area contributed by atoms with Gasteiger partial charge in [-0.25, -0.2) is 8.78 Å². The van der Waals surface area contributed by atoms with Gasteiger partial charge in [-0.15, -0.1) is 0 Å². The van der Waals surface area contributed by atoms with E-state index >= 15 is 0 Å². The standard InChI is InChI=1S/C17H16F2N2O2/c1-11(22)21-14-5-3-13(4-6-14)17(23)20-9-8-12-2-7-15(18)16(19)10-12/h2-7,10H,8-9H2,1H3,(H,20,23)(H,21,22). The van der Waals surface area contributed by atoms with Gasteiger partial charge in [0.25, 0.3) is 5.91 Å². The van der Waals surface area contributed by atoms with Crippen LogP contribution in [0.3, 0.4) is 0 Å². The van der Waals surface area contributed by atoms with Crippen LogP contribution in [-0.4, -0.2) is 18.4 Å². The third-order valence-corrected chi connectivity index (χ3v) is 3.15. The van der Waals surface area contributed by atoms with Gasteiger partial charge in [-0.3, -0.25) is 9.59 Å². The van der Waals surface area contributed by atoms with Crippen molar-refractivity contribution in [3.63, 3.8) is 0 Å². The quantitative estimate of drug-likeness (QED) is 0.890. The first-order valence-corrected chi connectivity index (χ1v) is 7.05. The molecule has 0 aliphatic heterocycles. The fourth-order valence-electron chi connectivity index (χ4n) is 2.03. The lowest BCUT2D eigenvalue weighted by Crippen LogP contribution is -2.25. The summed E-state index contributed by atoms with van der Waals surface area (Å²) in [6.45, 7) is 1.70.